The fourth-order valence-corrected chi connectivity index (χ4v) is 16.3. The van der Waals surface area contributed by atoms with Gasteiger partial charge in [-0.3, -0.25) is 4.90 Å². The summed E-state index contributed by atoms with van der Waals surface area (Å²) in [5, 5.41) is 36.7. The summed E-state index contributed by atoms with van der Waals surface area (Å²) in [7, 11) is 1.81. The first-order valence-electron chi connectivity index (χ1n) is 23.5. The van der Waals surface area contributed by atoms with Crippen LogP contribution in [-0.2, 0) is 11.2 Å². The number of aliphatic hydroxyl groups is 3. The second-order valence-electron chi connectivity index (χ2n) is 21.5. The summed E-state index contributed by atoms with van der Waals surface area (Å²) >= 11 is 0. The van der Waals surface area contributed by atoms with E-state index in [1.807, 2.05) is 7.11 Å². The Morgan fingerprint density at radius 2 is 1.55 bits per heavy atom. The number of rotatable bonds is 11. The molecule has 16 atom stereocenters. The van der Waals surface area contributed by atoms with Crippen LogP contribution in [0.5, 0.6) is 0 Å². The maximum Gasteiger partial charge on any atom is 0.0805 e. The summed E-state index contributed by atoms with van der Waals surface area (Å²) in [5.74, 6) is 5.58. The number of fused-ring (bicyclic) bond motifs is 8. The number of hydrogen-bond acceptors (Lipinski definition) is 5. The fraction of sp³-hybridized carbons (Fsp3) is 0.765. The first-order chi connectivity index (χ1) is 27.1. The topological polar surface area (TPSA) is 73.2 Å². The van der Waals surface area contributed by atoms with Gasteiger partial charge in [0.25, 0.3) is 0 Å². The van der Waals surface area contributed by atoms with Gasteiger partial charge in [0, 0.05) is 32.8 Å². The van der Waals surface area contributed by atoms with E-state index in [1.54, 1.807) is 0 Å². The molecule has 2 aliphatic heterocycles. The third-order valence-electron chi connectivity index (χ3n) is 18.7. The highest BCUT2D eigenvalue weighted by Crippen LogP contribution is 2.71. The molecule has 7 aliphatic rings. The van der Waals surface area contributed by atoms with Crippen LogP contribution in [0.15, 0.2) is 60.7 Å². The molecule has 56 heavy (non-hydrogen) atoms. The summed E-state index contributed by atoms with van der Waals surface area (Å²) in [6, 6.07) is 22.4. The zero-order valence-corrected chi connectivity index (χ0v) is 35.1. The normalized spacial score (nSPS) is 45.0. The van der Waals surface area contributed by atoms with Crippen LogP contribution in [-0.4, -0.2) is 70.9 Å². The van der Waals surface area contributed by atoms with Crippen LogP contribution in [0.1, 0.15) is 134 Å². The predicted molar refractivity (Wildman–Crippen MR) is 225 cm³/mol. The average Bonchev–Trinajstić information content (AvgIpc) is 3.78. The van der Waals surface area contributed by atoms with Crippen LogP contribution in [0.3, 0.4) is 0 Å². The highest BCUT2D eigenvalue weighted by Gasteiger charge is 2.67. The lowest BCUT2D eigenvalue weighted by Gasteiger charge is -2.60. The molecule has 2 heterocycles. The summed E-state index contributed by atoms with van der Waals surface area (Å²) in [6.45, 7) is 7.95. The maximum absolute atomic E-state index is 12.5. The summed E-state index contributed by atoms with van der Waals surface area (Å²) in [5.41, 5.74) is 2.34. The number of hydrogen-bond donors (Lipinski definition) is 3. The minimum atomic E-state index is -0.623. The van der Waals surface area contributed by atoms with Crippen LogP contribution < -0.4 is 0 Å². The maximum atomic E-state index is 12.5. The van der Waals surface area contributed by atoms with E-state index < -0.39 is 5.60 Å². The van der Waals surface area contributed by atoms with E-state index in [-0.39, 0.29) is 29.0 Å². The molecule has 2 saturated heterocycles. The quantitative estimate of drug-likeness (QED) is 0.199. The van der Waals surface area contributed by atoms with Crippen molar-refractivity contribution in [2.45, 2.75) is 153 Å². The monoisotopic (exact) mass is 766 g/mol. The molecule has 0 amide bonds. The van der Waals surface area contributed by atoms with Gasteiger partial charge < -0.3 is 20.1 Å². The Labute approximate surface area is 339 Å². The summed E-state index contributed by atoms with van der Waals surface area (Å²) < 4.78 is 5.47. The highest BCUT2D eigenvalue weighted by atomic mass is 16.5. The Morgan fingerprint density at radius 1 is 0.768 bits per heavy atom. The second-order valence-corrected chi connectivity index (χ2v) is 21.5. The van der Waals surface area contributed by atoms with Crippen molar-refractivity contribution in [3.05, 3.63) is 71.8 Å². The van der Waals surface area contributed by atoms with Crippen LogP contribution in [0.25, 0.3) is 0 Å². The molecule has 3 N–H and O–H groups in total. The van der Waals surface area contributed by atoms with E-state index in [1.165, 1.54) is 69.0 Å². The number of aryl methyl sites for hydroxylation is 1. The third kappa shape index (κ3) is 7.18. The molecule has 7 fully saturated rings. The van der Waals surface area contributed by atoms with Crippen molar-refractivity contribution < 1.29 is 20.1 Å². The van der Waals surface area contributed by atoms with Crippen molar-refractivity contribution in [2.75, 3.05) is 26.8 Å². The first-order valence-corrected chi connectivity index (χ1v) is 23.5. The van der Waals surface area contributed by atoms with E-state index in [0.717, 1.165) is 76.9 Å². The zero-order valence-electron chi connectivity index (χ0n) is 35.1. The van der Waals surface area contributed by atoms with Gasteiger partial charge >= 0.3 is 0 Å². The molecule has 5 nitrogen and oxygen atoms in total. The van der Waals surface area contributed by atoms with E-state index in [9.17, 15) is 15.3 Å². The third-order valence-corrected chi connectivity index (χ3v) is 18.7. The number of benzene rings is 2. The van der Waals surface area contributed by atoms with Gasteiger partial charge in [0.05, 0.1) is 17.8 Å². The lowest BCUT2D eigenvalue weighted by Crippen LogP contribution is -2.67. The Kier molecular flexibility index (Phi) is 11.4. The van der Waals surface area contributed by atoms with Crippen molar-refractivity contribution in [1.29, 1.82) is 0 Å². The summed E-state index contributed by atoms with van der Waals surface area (Å²) in [6.07, 6.45) is 18.9. The lowest BCUT2D eigenvalue weighted by atomic mass is 9.46. The molecule has 308 valence electrons. The Hall–Kier alpha value is -1.76. The average molecular weight is 766 g/mol. The molecular formula is C51H75NO4. The Balaban J connectivity index is 0.902. The fourth-order valence-electron chi connectivity index (χ4n) is 16.3. The van der Waals surface area contributed by atoms with Crippen molar-refractivity contribution in [2.24, 2.45) is 64.1 Å². The Morgan fingerprint density at radius 3 is 2.34 bits per heavy atom. The minimum Gasteiger partial charge on any atom is -0.393 e. The van der Waals surface area contributed by atoms with E-state index >= 15 is 0 Å². The van der Waals surface area contributed by atoms with Crippen molar-refractivity contribution in [3.63, 3.8) is 0 Å². The number of methoxy groups -OCH3 is 1. The lowest BCUT2D eigenvalue weighted by molar-refractivity contribution is -0.180. The number of ether oxygens (including phenoxy) is 1. The van der Waals surface area contributed by atoms with Crippen LogP contribution in [0.4, 0.5) is 0 Å². The number of piperidine rings is 2. The van der Waals surface area contributed by atoms with Gasteiger partial charge in [-0.15, -0.1) is 0 Å². The molecule has 0 bridgehead atoms. The van der Waals surface area contributed by atoms with Gasteiger partial charge in [-0.05, 0) is 197 Å². The largest absolute Gasteiger partial charge is 0.393 e. The van der Waals surface area contributed by atoms with Crippen molar-refractivity contribution in [3.8, 4) is 0 Å². The van der Waals surface area contributed by atoms with Crippen molar-refractivity contribution >= 4 is 0 Å². The Bertz CT molecular complexity index is 1600. The van der Waals surface area contributed by atoms with Crippen molar-refractivity contribution in [1.82, 2.24) is 4.90 Å². The van der Waals surface area contributed by atoms with Gasteiger partial charge in [-0.1, -0.05) is 67.6 Å². The number of aliphatic hydroxyl groups excluding tert-OH is 2. The molecule has 2 aromatic carbocycles. The van der Waals surface area contributed by atoms with Gasteiger partial charge in [-0.2, -0.15) is 0 Å². The molecule has 9 rings (SSSR count). The molecular weight excluding hydrogens is 691 g/mol. The van der Waals surface area contributed by atoms with E-state index in [4.69, 9.17) is 4.74 Å². The highest BCUT2D eigenvalue weighted by molar-refractivity contribution is 5.21. The smallest absolute Gasteiger partial charge is 0.0805 e. The molecule has 5 saturated carbocycles. The predicted octanol–water partition coefficient (Wildman–Crippen LogP) is 9.68. The first kappa shape index (κ1) is 39.7. The molecule has 0 aromatic heterocycles. The second kappa shape index (κ2) is 16.0. The van der Waals surface area contributed by atoms with Crippen LogP contribution in [0, 0.1) is 64.1 Å². The SMILES string of the molecule is COCCCC(CC1CCC2(C1)CC1(C)C(CC2O)C(O)CC2C3CCC4C(CN5CC(CCCc6ccccc6)CCC5C4(C)O)C3CC21)c1ccccc1. The van der Waals surface area contributed by atoms with Gasteiger partial charge in [-0.25, -0.2) is 0 Å². The number of nitrogens with zero attached hydrogens (tertiary/aromatic N) is 1. The van der Waals surface area contributed by atoms with Crippen LogP contribution in [0.2, 0.25) is 0 Å². The molecule has 2 aromatic rings. The van der Waals surface area contributed by atoms with Gasteiger partial charge in [0.2, 0.25) is 0 Å². The van der Waals surface area contributed by atoms with Gasteiger partial charge in [0.15, 0.2) is 0 Å². The standard InChI is InChI=1S/C51H75NO4/c1-49-33-51(24-23-36(30-51)26-38(18-11-25-56-3)37-16-8-5-9-17-37)48(54)29-45(49)46(53)28-41-39-20-21-43-42(40(39)27-44(41)49)32-52-31-35(19-22-47(52)50(43,2)55)15-10-14-34-12-6-4-7-13-34/h4-9,12-13,16-17,35-36,38-48,53-55H,10-11,14-15,18-33H2,1-3H3. The van der Waals surface area contributed by atoms with Gasteiger partial charge in [0.1, 0.15) is 0 Å². The molecule has 16 unspecified atom stereocenters. The van der Waals surface area contributed by atoms with E-state index in [0.29, 0.717) is 53.4 Å². The zero-order chi connectivity index (χ0) is 38.7. The molecule has 0 radical (unpaired) electrons. The molecule has 1 spiro atoms. The minimum absolute atomic E-state index is 0.0212. The molecule has 5 aliphatic carbocycles. The molecule has 5 heteroatoms. The van der Waals surface area contributed by atoms with Crippen LogP contribution >= 0.6 is 0 Å². The van der Waals surface area contributed by atoms with E-state index in [2.05, 4.69) is 79.4 Å². The summed E-state index contributed by atoms with van der Waals surface area (Å²) in [4.78, 5) is 2.78.